The summed E-state index contributed by atoms with van der Waals surface area (Å²) in [4.78, 5) is 8.57. The van der Waals surface area contributed by atoms with Gasteiger partial charge in [0, 0.05) is 41.7 Å². The Morgan fingerprint density at radius 1 is 1.47 bits per heavy atom. The number of hydrogen-bond donors (Lipinski definition) is 2. The number of ether oxygens (including phenoxy) is 1. The monoisotopic (exact) mass is 300 g/mol. The molecule has 2 heterocycles. The molecule has 3 N–H and O–H groups in total. The third kappa shape index (κ3) is 5.08. The van der Waals surface area contributed by atoms with Crippen molar-refractivity contribution < 1.29 is 4.74 Å². The fraction of sp³-hybridized carbons (Fsp3) is 0.667. The summed E-state index contributed by atoms with van der Waals surface area (Å²) in [5.41, 5.74) is 5.78. The maximum Gasteiger partial charge on any atom is 0.158 e. The van der Waals surface area contributed by atoms with E-state index in [0.29, 0.717) is 30.1 Å². The summed E-state index contributed by atoms with van der Waals surface area (Å²) in [6.07, 6.45) is 0. The van der Waals surface area contributed by atoms with Crippen molar-refractivity contribution in [1.29, 1.82) is 0 Å². The summed E-state index contributed by atoms with van der Waals surface area (Å²) in [6.45, 7) is 3.92. The van der Waals surface area contributed by atoms with E-state index in [1.807, 2.05) is 30.4 Å². The molecule has 106 valence electrons. The van der Waals surface area contributed by atoms with E-state index in [4.69, 9.17) is 10.5 Å². The zero-order chi connectivity index (χ0) is 13.5. The van der Waals surface area contributed by atoms with E-state index in [2.05, 4.69) is 15.3 Å². The van der Waals surface area contributed by atoms with Gasteiger partial charge in [-0.3, -0.25) is 0 Å². The summed E-state index contributed by atoms with van der Waals surface area (Å²) in [7, 11) is 0. The van der Waals surface area contributed by atoms with Crippen molar-refractivity contribution in [2.24, 2.45) is 0 Å². The van der Waals surface area contributed by atoms with E-state index in [1.165, 1.54) is 17.3 Å². The molecule has 1 saturated heterocycles. The molecule has 7 heteroatoms. The van der Waals surface area contributed by atoms with Gasteiger partial charge in [-0.1, -0.05) is 0 Å². The van der Waals surface area contributed by atoms with Crippen LogP contribution >= 0.6 is 23.5 Å². The third-order valence-corrected chi connectivity index (χ3v) is 5.47. The minimum absolute atomic E-state index is 0.407. The molecule has 0 bridgehead atoms. The van der Waals surface area contributed by atoms with Crippen LogP contribution in [0.1, 0.15) is 12.7 Å². The van der Waals surface area contributed by atoms with Gasteiger partial charge in [-0.25, -0.2) is 9.97 Å². The largest absolute Gasteiger partial charge is 0.384 e. The number of nitrogen functional groups attached to an aromatic ring is 1. The SMILES string of the molecule is CCOCc1nc(N)cc(NCC2CSCCS2)n1. The first-order valence-corrected chi connectivity index (χ1v) is 8.62. The summed E-state index contributed by atoms with van der Waals surface area (Å²) < 4.78 is 5.31. The van der Waals surface area contributed by atoms with E-state index in [-0.39, 0.29) is 0 Å². The minimum atomic E-state index is 0.407. The zero-order valence-corrected chi connectivity index (χ0v) is 12.7. The van der Waals surface area contributed by atoms with Gasteiger partial charge in [0.25, 0.3) is 0 Å². The van der Waals surface area contributed by atoms with Gasteiger partial charge >= 0.3 is 0 Å². The predicted octanol–water partition coefficient (Wildman–Crippen LogP) is 1.86. The molecule has 5 nitrogen and oxygen atoms in total. The Hall–Kier alpha value is -0.660. The van der Waals surface area contributed by atoms with Crippen LogP contribution in [0.25, 0.3) is 0 Å². The molecule has 2 rings (SSSR count). The Balaban J connectivity index is 1.89. The lowest BCUT2D eigenvalue weighted by Crippen LogP contribution is -2.23. The van der Waals surface area contributed by atoms with Crippen molar-refractivity contribution in [3.05, 3.63) is 11.9 Å². The van der Waals surface area contributed by atoms with Gasteiger partial charge in [0.1, 0.15) is 18.2 Å². The molecule has 0 amide bonds. The second kappa shape index (κ2) is 7.81. The van der Waals surface area contributed by atoms with Crippen molar-refractivity contribution in [2.75, 3.05) is 41.5 Å². The lowest BCUT2D eigenvalue weighted by atomic mass is 10.4. The van der Waals surface area contributed by atoms with Crippen molar-refractivity contribution >= 4 is 35.2 Å². The van der Waals surface area contributed by atoms with E-state index < -0.39 is 0 Å². The number of nitrogens with zero attached hydrogens (tertiary/aromatic N) is 2. The summed E-state index contributed by atoms with van der Waals surface area (Å²) in [5.74, 6) is 5.61. The highest BCUT2D eigenvalue weighted by molar-refractivity contribution is 8.06. The Labute approximate surface area is 122 Å². The Morgan fingerprint density at radius 2 is 2.37 bits per heavy atom. The topological polar surface area (TPSA) is 73.1 Å². The Kier molecular flexibility index (Phi) is 6.06. The maximum absolute atomic E-state index is 5.78. The highest BCUT2D eigenvalue weighted by Gasteiger charge is 2.14. The van der Waals surface area contributed by atoms with Crippen LogP contribution in [0.15, 0.2) is 6.07 Å². The van der Waals surface area contributed by atoms with Crippen LogP contribution < -0.4 is 11.1 Å². The van der Waals surface area contributed by atoms with Gasteiger partial charge in [-0.15, -0.1) is 0 Å². The smallest absolute Gasteiger partial charge is 0.158 e. The van der Waals surface area contributed by atoms with Gasteiger partial charge in [0.15, 0.2) is 5.82 Å². The number of rotatable bonds is 6. The fourth-order valence-electron chi connectivity index (χ4n) is 1.74. The average Bonchev–Trinajstić information content (AvgIpc) is 2.43. The zero-order valence-electron chi connectivity index (χ0n) is 11.1. The van der Waals surface area contributed by atoms with Gasteiger partial charge in [0.05, 0.1) is 0 Å². The molecule has 1 unspecified atom stereocenters. The summed E-state index contributed by atoms with van der Waals surface area (Å²) >= 11 is 4.04. The van der Waals surface area contributed by atoms with Gasteiger partial charge in [-0.05, 0) is 6.92 Å². The highest BCUT2D eigenvalue weighted by Crippen LogP contribution is 2.24. The van der Waals surface area contributed by atoms with Crippen LogP contribution in [0, 0.1) is 0 Å². The first kappa shape index (κ1) is 14.7. The second-order valence-electron chi connectivity index (χ2n) is 4.18. The first-order chi connectivity index (χ1) is 9.28. The Bertz CT molecular complexity index is 399. The minimum Gasteiger partial charge on any atom is -0.384 e. The first-order valence-electron chi connectivity index (χ1n) is 6.42. The number of aromatic nitrogens is 2. The molecule has 0 radical (unpaired) electrons. The van der Waals surface area contributed by atoms with Crippen molar-refractivity contribution in [3.63, 3.8) is 0 Å². The molecule has 1 aromatic heterocycles. The van der Waals surface area contributed by atoms with E-state index in [1.54, 1.807) is 6.07 Å². The van der Waals surface area contributed by atoms with Crippen molar-refractivity contribution in [2.45, 2.75) is 18.8 Å². The highest BCUT2D eigenvalue weighted by atomic mass is 32.2. The van der Waals surface area contributed by atoms with Crippen molar-refractivity contribution in [3.8, 4) is 0 Å². The number of anilines is 2. The molecule has 0 aromatic carbocycles. The second-order valence-corrected chi connectivity index (χ2v) is 6.74. The summed E-state index contributed by atoms with van der Waals surface area (Å²) in [6, 6.07) is 1.77. The maximum atomic E-state index is 5.78. The quantitative estimate of drug-likeness (QED) is 0.830. The molecule has 1 aliphatic rings. The molecule has 1 aromatic rings. The molecule has 1 atom stereocenters. The van der Waals surface area contributed by atoms with Crippen LogP contribution in [0.3, 0.4) is 0 Å². The standard InChI is InChI=1S/C12H20N4OS2/c1-2-17-7-12-15-10(13)5-11(16-12)14-6-9-8-18-3-4-19-9/h5,9H,2-4,6-8H2,1H3,(H3,13,14,15,16). The van der Waals surface area contributed by atoms with Crippen LogP contribution in [0.2, 0.25) is 0 Å². The predicted molar refractivity (Wildman–Crippen MR) is 83.8 cm³/mol. The van der Waals surface area contributed by atoms with E-state index in [9.17, 15) is 0 Å². The number of hydrogen-bond acceptors (Lipinski definition) is 7. The lowest BCUT2D eigenvalue weighted by molar-refractivity contribution is 0.128. The Morgan fingerprint density at radius 3 is 3.11 bits per heavy atom. The van der Waals surface area contributed by atoms with Crippen molar-refractivity contribution in [1.82, 2.24) is 9.97 Å². The fourth-order valence-corrected chi connectivity index (χ4v) is 4.35. The molecule has 1 fully saturated rings. The van der Waals surface area contributed by atoms with Gasteiger partial charge < -0.3 is 15.8 Å². The van der Waals surface area contributed by atoms with Crippen LogP contribution in [-0.4, -0.2) is 45.6 Å². The van der Waals surface area contributed by atoms with E-state index >= 15 is 0 Å². The lowest BCUT2D eigenvalue weighted by Gasteiger charge is -2.21. The molecule has 0 spiro atoms. The molecular weight excluding hydrogens is 280 g/mol. The van der Waals surface area contributed by atoms with Crippen LogP contribution in [0.4, 0.5) is 11.6 Å². The third-order valence-electron chi connectivity index (χ3n) is 2.62. The van der Waals surface area contributed by atoms with E-state index in [0.717, 1.165) is 12.4 Å². The molecule has 0 saturated carbocycles. The average molecular weight is 300 g/mol. The van der Waals surface area contributed by atoms with Crippen LogP contribution in [-0.2, 0) is 11.3 Å². The molecule has 19 heavy (non-hydrogen) atoms. The summed E-state index contributed by atoms with van der Waals surface area (Å²) in [5, 5.41) is 3.99. The number of nitrogens with one attached hydrogen (secondary N) is 1. The number of nitrogens with two attached hydrogens (primary N) is 1. The van der Waals surface area contributed by atoms with Crippen LogP contribution in [0.5, 0.6) is 0 Å². The molecular formula is C12H20N4OS2. The van der Waals surface area contributed by atoms with Gasteiger partial charge in [0.2, 0.25) is 0 Å². The molecule has 1 aliphatic heterocycles. The molecule has 0 aliphatic carbocycles. The number of thioether (sulfide) groups is 2. The van der Waals surface area contributed by atoms with Gasteiger partial charge in [-0.2, -0.15) is 23.5 Å². The normalized spacial score (nSPS) is 19.3.